The van der Waals surface area contributed by atoms with Crippen molar-refractivity contribution in [2.75, 3.05) is 13.3 Å². The number of aliphatic hydroxyl groups excluding tert-OH is 1. The third-order valence-electron chi connectivity index (χ3n) is 4.63. The van der Waals surface area contributed by atoms with Gasteiger partial charge in [0.2, 0.25) is 6.79 Å². The van der Waals surface area contributed by atoms with Crippen LogP contribution in [-0.4, -0.2) is 35.5 Å². The molecule has 5 N–H and O–H groups in total. The van der Waals surface area contributed by atoms with E-state index < -0.39 is 12.0 Å². The van der Waals surface area contributed by atoms with Crippen molar-refractivity contribution in [2.45, 2.75) is 31.9 Å². The van der Waals surface area contributed by atoms with E-state index in [1.807, 2.05) is 25.1 Å². The van der Waals surface area contributed by atoms with Crippen LogP contribution >= 0.6 is 0 Å². The van der Waals surface area contributed by atoms with Gasteiger partial charge >= 0.3 is 0 Å². The van der Waals surface area contributed by atoms with Crippen molar-refractivity contribution in [1.82, 2.24) is 5.32 Å². The molecule has 0 bridgehead atoms. The first-order chi connectivity index (χ1) is 12.9. The summed E-state index contributed by atoms with van der Waals surface area (Å²) in [6.07, 6.45) is 0.942. The van der Waals surface area contributed by atoms with Crippen molar-refractivity contribution in [3.63, 3.8) is 0 Å². The highest BCUT2D eigenvalue weighted by atomic mass is 16.7. The number of aliphatic hydroxyl groups is 1. The summed E-state index contributed by atoms with van der Waals surface area (Å²) in [7, 11) is 0. The van der Waals surface area contributed by atoms with E-state index in [0.717, 1.165) is 29.9 Å². The Bertz CT molecular complexity index is 824. The van der Waals surface area contributed by atoms with Crippen LogP contribution in [0.25, 0.3) is 0 Å². The quantitative estimate of drug-likeness (QED) is 0.562. The second-order valence-electron chi connectivity index (χ2n) is 6.69. The molecule has 1 aliphatic heterocycles. The van der Waals surface area contributed by atoms with Gasteiger partial charge in [-0.3, -0.25) is 4.79 Å². The molecule has 0 saturated carbocycles. The van der Waals surface area contributed by atoms with Gasteiger partial charge in [-0.15, -0.1) is 0 Å². The van der Waals surface area contributed by atoms with E-state index in [9.17, 15) is 15.0 Å². The largest absolute Gasteiger partial charge is 0.507 e. The fraction of sp³-hybridized carbons (Fsp3) is 0.350. The van der Waals surface area contributed by atoms with Crippen molar-refractivity contribution in [3.8, 4) is 17.2 Å². The summed E-state index contributed by atoms with van der Waals surface area (Å²) < 4.78 is 10.7. The number of carbonyl (C=O) groups is 1. The van der Waals surface area contributed by atoms with E-state index in [-0.39, 0.29) is 24.1 Å². The fourth-order valence-electron chi connectivity index (χ4n) is 2.97. The van der Waals surface area contributed by atoms with Gasteiger partial charge in [-0.25, -0.2) is 0 Å². The number of aryl methyl sites for hydroxylation is 1. The minimum atomic E-state index is -0.809. The summed E-state index contributed by atoms with van der Waals surface area (Å²) in [4.78, 5) is 11.3. The summed E-state index contributed by atoms with van der Waals surface area (Å²) in [5, 5.41) is 23.2. The Morgan fingerprint density at radius 3 is 2.78 bits per heavy atom. The van der Waals surface area contributed by atoms with Gasteiger partial charge in [0, 0.05) is 12.6 Å². The Labute approximate surface area is 157 Å². The average Bonchev–Trinajstić information content (AvgIpc) is 3.12. The van der Waals surface area contributed by atoms with Gasteiger partial charge in [-0.05, 0) is 55.2 Å². The minimum absolute atomic E-state index is 0.00223. The number of rotatable bonds is 8. The number of phenols is 1. The first kappa shape index (κ1) is 19.0. The first-order valence-corrected chi connectivity index (χ1v) is 8.86. The Hall–Kier alpha value is -2.77. The van der Waals surface area contributed by atoms with Crippen LogP contribution in [0.3, 0.4) is 0 Å². The smallest absolute Gasteiger partial charge is 0.252 e. The maximum atomic E-state index is 11.3. The molecule has 3 rings (SSSR count). The molecule has 144 valence electrons. The molecule has 0 unspecified atom stereocenters. The third-order valence-corrected chi connectivity index (χ3v) is 4.63. The maximum absolute atomic E-state index is 11.3. The van der Waals surface area contributed by atoms with Crippen LogP contribution in [0.15, 0.2) is 36.4 Å². The van der Waals surface area contributed by atoms with Crippen LogP contribution in [0.2, 0.25) is 0 Å². The van der Waals surface area contributed by atoms with Gasteiger partial charge in [0.1, 0.15) is 5.75 Å². The Balaban J connectivity index is 1.49. The van der Waals surface area contributed by atoms with Gasteiger partial charge in [0.05, 0.1) is 11.7 Å². The topological polar surface area (TPSA) is 114 Å². The van der Waals surface area contributed by atoms with Crippen LogP contribution in [0, 0.1) is 0 Å². The molecule has 27 heavy (non-hydrogen) atoms. The van der Waals surface area contributed by atoms with Gasteiger partial charge in [0.25, 0.3) is 5.91 Å². The van der Waals surface area contributed by atoms with Gasteiger partial charge in [0.15, 0.2) is 11.5 Å². The van der Waals surface area contributed by atoms with Crippen LogP contribution in [0.4, 0.5) is 0 Å². The molecule has 2 aromatic carbocycles. The summed E-state index contributed by atoms with van der Waals surface area (Å²) in [6.45, 7) is 2.64. The molecule has 0 spiro atoms. The number of amides is 1. The van der Waals surface area contributed by atoms with Crippen molar-refractivity contribution >= 4 is 5.91 Å². The van der Waals surface area contributed by atoms with Crippen molar-refractivity contribution in [2.24, 2.45) is 5.73 Å². The number of nitrogens with one attached hydrogen (secondary N) is 1. The lowest BCUT2D eigenvalue weighted by Gasteiger charge is -2.18. The molecule has 0 aromatic heterocycles. The predicted molar refractivity (Wildman–Crippen MR) is 99.9 cm³/mol. The van der Waals surface area contributed by atoms with E-state index in [4.69, 9.17) is 15.2 Å². The Morgan fingerprint density at radius 1 is 1.22 bits per heavy atom. The van der Waals surface area contributed by atoms with Gasteiger partial charge in [-0.2, -0.15) is 0 Å². The highest BCUT2D eigenvalue weighted by molar-refractivity contribution is 5.95. The lowest BCUT2D eigenvalue weighted by molar-refractivity contribution is 0.0997. The molecule has 7 nitrogen and oxygen atoms in total. The van der Waals surface area contributed by atoms with Gasteiger partial charge in [-0.1, -0.05) is 12.1 Å². The van der Waals surface area contributed by atoms with Crippen LogP contribution in [-0.2, 0) is 6.42 Å². The summed E-state index contributed by atoms with van der Waals surface area (Å²) >= 11 is 0. The van der Waals surface area contributed by atoms with E-state index >= 15 is 0 Å². The molecule has 0 aliphatic carbocycles. The number of hydrogen-bond donors (Lipinski definition) is 4. The van der Waals surface area contributed by atoms with Crippen molar-refractivity contribution in [3.05, 3.63) is 53.1 Å². The number of carbonyl (C=O) groups excluding carboxylic acids is 1. The SMILES string of the molecule is C[C@@H](CCc1ccc2c(c1)OCO2)NC[C@@H](O)c1ccc(O)c(C(N)=O)c1. The van der Waals surface area contributed by atoms with Crippen molar-refractivity contribution < 1.29 is 24.5 Å². The zero-order valence-electron chi connectivity index (χ0n) is 15.1. The molecular weight excluding hydrogens is 348 g/mol. The normalized spacial score (nSPS) is 14.7. The maximum Gasteiger partial charge on any atom is 0.252 e. The summed E-state index contributed by atoms with van der Waals surface area (Å²) in [5.41, 5.74) is 6.91. The Morgan fingerprint density at radius 2 is 2.00 bits per heavy atom. The predicted octanol–water partition coefficient (Wildman–Crippen LogP) is 1.86. The zero-order chi connectivity index (χ0) is 19.4. The number of fused-ring (bicyclic) bond motifs is 1. The number of hydrogen-bond acceptors (Lipinski definition) is 6. The number of primary amides is 1. The zero-order valence-corrected chi connectivity index (χ0v) is 15.1. The number of aromatic hydroxyl groups is 1. The molecule has 7 heteroatoms. The van der Waals surface area contributed by atoms with Gasteiger partial charge < -0.3 is 30.7 Å². The lowest BCUT2D eigenvalue weighted by atomic mass is 10.0. The van der Waals surface area contributed by atoms with E-state index in [2.05, 4.69) is 5.32 Å². The van der Waals surface area contributed by atoms with Crippen LogP contribution < -0.4 is 20.5 Å². The molecule has 1 heterocycles. The van der Waals surface area contributed by atoms with E-state index in [1.165, 1.54) is 12.1 Å². The van der Waals surface area contributed by atoms with Crippen LogP contribution in [0.1, 0.15) is 40.9 Å². The molecule has 1 aliphatic rings. The second kappa shape index (κ2) is 8.28. The summed E-state index contributed by atoms with van der Waals surface area (Å²) in [6, 6.07) is 10.5. The van der Waals surface area contributed by atoms with E-state index in [0.29, 0.717) is 12.1 Å². The molecular formula is C20H24N2O5. The average molecular weight is 372 g/mol. The van der Waals surface area contributed by atoms with Crippen LogP contribution in [0.5, 0.6) is 17.2 Å². The molecule has 1 amide bonds. The first-order valence-electron chi connectivity index (χ1n) is 8.86. The van der Waals surface area contributed by atoms with E-state index in [1.54, 1.807) is 6.07 Å². The number of ether oxygens (including phenoxy) is 2. The van der Waals surface area contributed by atoms with Crippen molar-refractivity contribution in [1.29, 1.82) is 0 Å². The number of benzene rings is 2. The molecule has 0 radical (unpaired) electrons. The molecule has 0 saturated heterocycles. The minimum Gasteiger partial charge on any atom is -0.507 e. The molecule has 2 aromatic rings. The molecule has 0 fully saturated rings. The number of nitrogens with two attached hydrogens (primary N) is 1. The Kier molecular flexibility index (Phi) is 5.83. The second-order valence-corrected chi connectivity index (χ2v) is 6.69. The third kappa shape index (κ3) is 4.69. The lowest BCUT2D eigenvalue weighted by Crippen LogP contribution is -2.31. The monoisotopic (exact) mass is 372 g/mol. The highest BCUT2D eigenvalue weighted by Crippen LogP contribution is 2.32. The standard InChI is InChI=1S/C20H24N2O5/c1-12(2-3-13-4-7-18-19(8-13)27-11-26-18)22-10-17(24)14-5-6-16(23)15(9-14)20(21)25/h4-9,12,17,22-24H,2-3,10-11H2,1H3,(H2,21,25)/t12-,17+/m0/s1. The molecule has 2 atom stereocenters. The highest BCUT2D eigenvalue weighted by Gasteiger charge is 2.15. The fourth-order valence-corrected chi connectivity index (χ4v) is 2.97. The summed E-state index contributed by atoms with van der Waals surface area (Å²) in [5.74, 6) is 0.633.